The van der Waals surface area contributed by atoms with Gasteiger partial charge in [0.15, 0.2) is 12.2 Å². The second-order valence-electron chi connectivity index (χ2n) is 10.3. The van der Waals surface area contributed by atoms with Crippen molar-refractivity contribution in [3.05, 3.63) is 108 Å². The van der Waals surface area contributed by atoms with Crippen molar-refractivity contribution in [3.63, 3.8) is 0 Å². The molecule has 5 rings (SSSR count). The molecule has 0 saturated carbocycles. The summed E-state index contributed by atoms with van der Waals surface area (Å²) in [7, 11) is 0. The number of epoxide rings is 1. The number of amides is 3. The Morgan fingerprint density at radius 3 is 2.15 bits per heavy atom. The van der Waals surface area contributed by atoms with Crippen LogP contribution in [-0.4, -0.2) is 42.5 Å². The highest BCUT2D eigenvalue weighted by Crippen LogP contribution is 2.23. The van der Waals surface area contributed by atoms with Crippen LogP contribution >= 0.6 is 0 Å². The summed E-state index contributed by atoms with van der Waals surface area (Å²) in [4.78, 5) is 38.2. The number of hydrogen-bond acceptors (Lipinski definition) is 4. The zero-order valence-corrected chi connectivity index (χ0v) is 23.1. The maximum absolute atomic E-state index is 12.9. The minimum absolute atomic E-state index is 0.256. The Morgan fingerprint density at radius 1 is 0.732 bits per heavy atom. The van der Waals surface area contributed by atoms with Crippen molar-refractivity contribution in [1.82, 2.24) is 16.0 Å². The predicted octanol–water partition coefficient (Wildman–Crippen LogP) is 4.53. The van der Waals surface area contributed by atoms with Crippen molar-refractivity contribution in [3.8, 4) is 11.1 Å². The summed E-state index contributed by atoms with van der Waals surface area (Å²) in [5, 5.41) is 10.8. The summed E-state index contributed by atoms with van der Waals surface area (Å²) in [6.07, 6.45) is 0.157. The highest BCUT2D eigenvalue weighted by atomic mass is 16.6. The van der Waals surface area contributed by atoms with Crippen LogP contribution in [0.2, 0.25) is 0 Å². The van der Waals surface area contributed by atoms with Crippen molar-refractivity contribution >= 4 is 28.5 Å². The van der Waals surface area contributed by atoms with Crippen LogP contribution in [0.5, 0.6) is 0 Å². The minimum Gasteiger partial charge on any atom is -0.353 e. The van der Waals surface area contributed by atoms with Gasteiger partial charge in [-0.3, -0.25) is 14.4 Å². The first kappa shape index (κ1) is 28.1. The molecule has 3 atom stereocenters. The summed E-state index contributed by atoms with van der Waals surface area (Å²) in [5.74, 6) is -1.02. The van der Waals surface area contributed by atoms with Crippen LogP contribution in [0.3, 0.4) is 0 Å². The zero-order valence-electron chi connectivity index (χ0n) is 23.1. The molecule has 0 aromatic heterocycles. The zero-order chi connectivity index (χ0) is 28.6. The highest BCUT2D eigenvalue weighted by molar-refractivity contribution is 5.97. The van der Waals surface area contributed by atoms with Gasteiger partial charge >= 0.3 is 0 Å². The number of fused-ring (bicyclic) bond motifs is 1. The van der Waals surface area contributed by atoms with E-state index >= 15 is 0 Å². The van der Waals surface area contributed by atoms with Crippen LogP contribution in [0.15, 0.2) is 97.1 Å². The fourth-order valence-corrected chi connectivity index (χ4v) is 4.91. The number of carbonyl (C=O) groups is 3. The van der Waals surface area contributed by atoms with Gasteiger partial charge in [0.1, 0.15) is 6.04 Å². The van der Waals surface area contributed by atoms with Crippen LogP contribution in [-0.2, 0) is 32.1 Å². The molecule has 0 aliphatic carbocycles. The van der Waals surface area contributed by atoms with Gasteiger partial charge in [0.05, 0.1) is 0 Å². The fourth-order valence-electron chi connectivity index (χ4n) is 4.91. The normalized spacial score (nSPS) is 16.5. The summed E-state index contributed by atoms with van der Waals surface area (Å²) < 4.78 is 5.38. The first-order valence-electron chi connectivity index (χ1n) is 14.1. The van der Waals surface area contributed by atoms with Gasteiger partial charge in [0.2, 0.25) is 5.91 Å². The minimum atomic E-state index is -0.882. The maximum Gasteiger partial charge on any atom is 0.253 e. The van der Waals surface area contributed by atoms with Crippen molar-refractivity contribution < 1.29 is 19.1 Å². The molecule has 1 heterocycles. The van der Waals surface area contributed by atoms with Crippen LogP contribution in [0.25, 0.3) is 21.9 Å². The monoisotopic (exact) mass is 549 g/mol. The largest absolute Gasteiger partial charge is 0.353 e. The average molecular weight is 550 g/mol. The third-order valence-corrected chi connectivity index (χ3v) is 7.27. The second-order valence-corrected chi connectivity index (χ2v) is 10.3. The molecule has 7 nitrogen and oxygen atoms in total. The Morgan fingerprint density at radius 2 is 1.39 bits per heavy atom. The molecule has 210 valence electrons. The molecule has 1 unspecified atom stereocenters. The van der Waals surface area contributed by atoms with Crippen molar-refractivity contribution in [2.75, 3.05) is 6.54 Å². The molecule has 41 heavy (non-hydrogen) atoms. The first-order chi connectivity index (χ1) is 20.0. The molecule has 7 heteroatoms. The highest BCUT2D eigenvalue weighted by Gasteiger charge is 2.50. The smallest absolute Gasteiger partial charge is 0.253 e. The number of hydrogen-bond donors (Lipinski definition) is 3. The first-order valence-corrected chi connectivity index (χ1v) is 14.1. The number of carbonyl (C=O) groups excluding carboxylic acids is 3. The summed E-state index contributed by atoms with van der Waals surface area (Å²) in [5.41, 5.74) is 4.38. The van der Waals surface area contributed by atoms with Gasteiger partial charge in [0.25, 0.3) is 11.8 Å². The van der Waals surface area contributed by atoms with Gasteiger partial charge in [-0.1, -0.05) is 104 Å². The van der Waals surface area contributed by atoms with E-state index in [1.807, 2.05) is 67.6 Å². The standard InChI is InChI=1S/C34H35N3O4/c1-2-8-29(32(38)36-22-24-15-18-26-11-6-7-12-28(26)21-24)37-34(40)31-30(41-31)33(39)35-20-19-23-13-16-27(17-14-23)25-9-4-3-5-10-25/h3-7,9-18,21,29-31H,2,8,19-20,22H2,1H3,(H,35,39)(H,36,38)(H,37,40)/t29-,30-,31?/m0/s1. The van der Waals surface area contributed by atoms with E-state index < -0.39 is 24.2 Å². The fraction of sp³-hybridized carbons (Fsp3) is 0.265. The van der Waals surface area contributed by atoms with E-state index in [1.54, 1.807) is 0 Å². The van der Waals surface area contributed by atoms with E-state index in [1.165, 1.54) is 0 Å². The van der Waals surface area contributed by atoms with Crippen molar-refractivity contribution in [2.24, 2.45) is 0 Å². The van der Waals surface area contributed by atoms with Gasteiger partial charge in [-0.05, 0) is 51.9 Å². The van der Waals surface area contributed by atoms with E-state index in [2.05, 4.69) is 52.3 Å². The van der Waals surface area contributed by atoms with Crippen LogP contribution in [0.1, 0.15) is 30.9 Å². The molecule has 1 aliphatic heterocycles. The summed E-state index contributed by atoms with van der Waals surface area (Å²) >= 11 is 0. The molecule has 0 spiro atoms. The van der Waals surface area contributed by atoms with E-state index in [4.69, 9.17) is 4.74 Å². The number of rotatable bonds is 12. The predicted molar refractivity (Wildman–Crippen MR) is 160 cm³/mol. The molecule has 3 N–H and O–H groups in total. The molecule has 1 aliphatic rings. The molecule has 0 radical (unpaired) electrons. The Hall–Kier alpha value is -4.49. The lowest BCUT2D eigenvalue weighted by atomic mass is 10.0. The van der Waals surface area contributed by atoms with Crippen LogP contribution in [0, 0.1) is 0 Å². The quantitative estimate of drug-likeness (QED) is 0.226. The molecule has 0 bridgehead atoms. The second kappa shape index (κ2) is 13.2. The van der Waals surface area contributed by atoms with Crippen LogP contribution in [0.4, 0.5) is 0 Å². The molecule has 1 fully saturated rings. The Balaban J connectivity index is 1.05. The Kier molecular flexibility index (Phi) is 9.06. The maximum atomic E-state index is 12.9. The van der Waals surface area contributed by atoms with Crippen LogP contribution < -0.4 is 16.0 Å². The third-order valence-electron chi connectivity index (χ3n) is 7.27. The number of ether oxygens (including phenoxy) is 1. The third kappa shape index (κ3) is 7.38. The summed E-state index contributed by atoms with van der Waals surface area (Å²) in [6, 6.07) is 31.8. The molecule has 4 aromatic carbocycles. The number of nitrogens with one attached hydrogen (secondary N) is 3. The van der Waals surface area contributed by atoms with E-state index in [-0.39, 0.29) is 11.8 Å². The average Bonchev–Trinajstić information content (AvgIpc) is 3.82. The Labute approximate surface area is 240 Å². The molecule has 1 saturated heterocycles. The van der Waals surface area contributed by atoms with Gasteiger partial charge in [-0.2, -0.15) is 0 Å². The molecular formula is C34H35N3O4. The van der Waals surface area contributed by atoms with Gasteiger partial charge in [-0.25, -0.2) is 0 Å². The van der Waals surface area contributed by atoms with Crippen molar-refractivity contribution in [2.45, 2.75) is 51.0 Å². The van der Waals surface area contributed by atoms with Gasteiger partial charge in [0, 0.05) is 13.1 Å². The topological polar surface area (TPSA) is 99.8 Å². The van der Waals surface area contributed by atoms with E-state index in [0.29, 0.717) is 25.9 Å². The van der Waals surface area contributed by atoms with E-state index in [0.717, 1.165) is 39.4 Å². The summed E-state index contributed by atoms with van der Waals surface area (Å²) in [6.45, 7) is 2.75. The van der Waals surface area contributed by atoms with Gasteiger partial charge in [-0.15, -0.1) is 0 Å². The lowest BCUT2D eigenvalue weighted by Gasteiger charge is -2.17. The number of benzene rings is 4. The van der Waals surface area contributed by atoms with Gasteiger partial charge < -0.3 is 20.7 Å². The molecular weight excluding hydrogens is 514 g/mol. The lowest BCUT2D eigenvalue weighted by molar-refractivity contribution is -0.129. The molecule has 4 aromatic rings. The van der Waals surface area contributed by atoms with E-state index in [9.17, 15) is 14.4 Å². The lowest BCUT2D eigenvalue weighted by Crippen LogP contribution is -2.48. The molecule has 3 amide bonds. The Bertz CT molecular complexity index is 1500. The van der Waals surface area contributed by atoms with Crippen molar-refractivity contribution in [1.29, 1.82) is 0 Å². The SMILES string of the molecule is CCC[C@H](NC(=O)C1O[C@@H]1C(=O)NCCc1ccc(-c2ccccc2)cc1)C(=O)NCc1ccc2ccccc2c1.